The van der Waals surface area contributed by atoms with Gasteiger partial charge in [-0.15, -0.1) is 0 Å². The van der Waals surface area contributed by atoms with Crippen LogP contribution in [0.2, 0.25) is 5.02 Å². The molecule has 106 valence electrons. The van der Waals surface area contributed by atoms with E-state index in [9.17, 15) is 0 Å². The van der Waals surface area contributed by atoms with Crippen LogP contribution in [0.5, 0.6) is 0 Å². The Morgan fingerprint density at radius 3 is 2.65 bits per heavy atom. The summed E-state index contributed by atoms with van der Waals surface area (Å²) < 4.78 is 1.89. The molecule has 0 atom stereocenters. The first-order valence-corrected chi connectivity index (χ1v) is 7.36. The monoisotopic (exact) mass is 290 g/mol. The van der Waals surface area contributed by atoms with E-state index in [1.807, 2.05) is 23.7 Å². The average Bonchev–Trinajstić information content (AvgIpc) is 3.22. The Bertz CT molecular complexity index is 644. The van der Waals surface area contributed by atoms with Crippen molar-refractivity contribution in [2.75, 3.05) is 0 Å². The Labute approximate surface area is 124 Å². The van der Waals surface area contributed by atoms with Crippen LogP contribution in [-0.4, -0.2) is 20.8 Å². The fourth-order valence-corrected chi connectivity index (χ4v) is 2.36. The summed E-state index contributed by atoms with van der Waals surface area (Å²) in [6.45, 7) is 6.88. The number of hydrogen-bond acceptors (Lipinski definition) is 3. The van der Waals surface area contributed by atoms with E-state index in [1.165, 1.54) is 18.4 Å². The van der Waals surface area contributed by atoms with Gasteiger partial charge >= 0.3 is 0 Å². The molecule has 0 spiro atoms. The first kappa shape index (κ1) is 13.6. The maximum atomic E-state index is 6.23. The van der Waals surface area contributed by atoms with Crippen LogP contribution in [0, 0.1) is 20.8 Å². The van der Waals surface area contributed by atoms with Crippen molar-refractivity contribution in [1.82, 2.24) is 20.1 Å². The van der Waals surface area contributed by atoms with Crippen LogP contribution in [0.25, 0.3) is 5.82 Å². The molecule has 0 unspecified atom stereocenters. The highest BCUT2D eigenvalue weighted by molar-refractivity contribution is 6.31. The molecule has 1 aliphatic carbocycles. The molecule has 1 fully saturated rings. The number of nitrogens with zero attached hydrogens (tertiary/aromatic N) is 3. The van der Waals surface area contributed by atoms with Gasteiger partial charge in [0.1, 0.15) is 0 Å². The fraction of sp³-hybridized carbons (Fsp3) is 0.467. The third-order valence-electron chi connectivity index (χ3n) is 3.91. The van der Waals surface area contributed by atoms with Crippen molar-refractivity contribution in [2.45, 2.75) is 46.2 Å². The minimum absolute atomic E-state index is 0.646. The van der Waals surface area contributed by atoms with E-state index in [4.69, 9.17) is 11.6 Å². The van der Waals surface area contributed by atoms with Gasteiger partial charge in [0.05, 0.1) is 16.4 Å². The summed E-state index contributed by atoms with van der Waals surface area (Å²) in [6, 6.07) is 4.47. The minimum Gasteiger partial charge on any atom is -0.308 e. The number of halogens is 1. The number of aryl methyl sites for hydroxylation is 1. The zero-order chi connectivity index (χ0) is 14.3. The second-order valence-corrected chi connectivity index (χ2v) is 5.87. The largest absolute Gasteiger partial charge is 0.308 e. The lowest BCUT2D eigenvalue weighted by Gasteiger charge is -2.09. The molecular formula is C15H19ClN4. The van der Waals surface area contributed by atoms with Crippen molar-refractivity contribution in [3.63, 3.8) is 0 Å². The Hall–Kier alpha value is -1.39. The summed E-state index contributed by atoms with van der Waals surface area (Å²) in [5.41, 5.74) is 4.26. The molecule has 0 radical (unpaired) electrons. The van der Waals surface area contributed by atoms with Gasteiger partial charge in [0, 0.05) is 18.3 Å². The number of rotatable bonds is 4. The van der Waals surface area contributed by atoms with Crippen molar-refractivity contribution in [2.24, 2.45) is 0 Å². The summed E-state index contributed by atoms with van der Waals surface area (Å²) in [7, 11) is 0. The average molecular weight is 291 g/mol. The molecular weight excluding hydrogens is 272 g/mol. The Kier molecular flexibility index (Phi) is 3.52. The van der Waals surface area contributed by atoms with E-state index < -0.39 is 0 Å². The minimum atomic E-state index is 0.646. The molecule has 0 amide bonds. The lowest BCUT2D eigenvalue weighted by molar-refractivity contribution is 0.669. The van der Waals surface area contributed by atoms with Gasteiger partial charge in [0.2, 0.25) is 0 Å². The quantitative estimate of drug-likeness (QED) is 0.941. The smallest absolute Gasteiger partial charge is 0.154 e. The van der Waals surface area contributed by atoms with Crippen molar-refractivity contribution in [3.05, 3.63) is 39.8 Å². The van der Waals surface area contributed by atoms with Crippen LogP contribution in [0.15, 0.2) is 12.1 Å². The predicted octanol–water partition coefficient (Wildman–Crippen LogP) is 3.10. The molecule has 2 heterocycles. The van der Waals surface area contributed by atoms with Gasteiger partial charge in [-0.2, -0.15) is 5.10 Å². The maximum Gasteiger partial charge on any atom is 0.154 e. The van der Waals surface area contributed by atoms with Gasteiger partial charge in [0.15, 0.2) is 5.82 Å². The Balaban J connectivity index is 1.92. The molecule has 0 saturated heterocycles. The van der Waals surface area contributed by atoms with Gasteiger partial charge in [-0.25, -0.2) is 9.67 Å². The first-order valence-electron chi connectivity index (χ1n) is 6.98. The molecule has 0 aliphatic heterocycles. The van der Waals surface area contributed by atoms with Crippen LogP contribution >= 0.6 is 11.6 Å². The van der Waals surface area contributed by atoms with Gasteiger partial charge in [-0.05, 0) is 51.3 Å². The summed E-state index contributed by atoms with van der Waals surface area (Å²) in [4.78, 5) is 4.66. The van der Waals surface area contributed by atoms with Gasteiger partial charge in [-0.3, -0.25) is 0 Å². The molecule has 1 aliphatic rings. The normalized spacial score (nSPS) is 14.8. The summed E-state index contributed by atoms with van der Waals surface area (Å²) in [6.07, 6.45) is 2.52. The molecule has 2 aromatic rings. The van der Waals surface area contributed by atoms with Crippen LogP contribution in [-0.2, 0) is 6.54 Å². The predicted molar refractivity (Wildman–Crippen MR) is 80.4 cm³/mol. The topological polar surface area (TPSA) is 42.7 Å². The standard InChI is InChI=1S/C15H19ClN4/c1-9-10(2)19-20(11(9)3)15-7-6-13(16)14(18-15)8-17-12-4-5-12/h6-7,12,17H,4-5,8H2,1-3H3. The maximum absolute atomic E-state index is 6.23. The van der Waals surface area contributed by atoms with Gasteiger partial charge in [-0.1, -0.05) is 11.6 Å². The Morgan fingerprint density at radius 2 is 2.05 bits per heavy atom. The van der Waals surface area contributed by atoms with E-state index in [-0.39, 0.29) is 0 Å². The first-order chi connectivity index (χ1) is 9.56. The SMILES string of the molecule is Cc1nn(-c2ccc(Cl)c(CNC3CC3)n2)c(C)c1C. The molecule has 1 saturated carbocycles. The van der Waals surface area contributed by atoms with Crippen molar-refractivity contribution >= 4 is 11.6 Å². The molecule has 2 aromatic heterocycles. The molecule has 5 heteroatoms. The number of nitrogens with one attached hydrogen (secondary N) is 1. The second kappa shape index (κ2) is 5.19. The van der Waals surface area contributed by atoms with Crippen molar-refractivity contribution in [3.8, 4) is 5.82 Å². The van der Waals surface area contributed by atoms with Crippen LogP contribution < -0.4 is 5.32 Å². The lowest BCUT2D eigenvalue weighted by atomic mass is 10.2. The lowest BCUT2D eigenvalue weighted by Crippen LogP contribution is -2.17. The van der Waals surface area contributed by atoms with E-state index in [0.717, 1.165) is 29.4 Å². The molecule has 1 N–H and O–H groups in total. The van der Waals surface area contributed by atoms with Gasteiger partial charge in [0.25, 0.3) is 0 Å². The summed E-state index contributed by atoms with van der Waals surface area (Å²) >= 11 is 6.23. The highest BCUT2D eigenvalue weighted by atomic mass is 35.5. The summed E-state index contributed by atoms with van der Waals surface area (Å²) in [5, 5.41) is 8.70. The van der Waals surface area contributed by atoms with E-state index in [0.29, 0.717) is 11.1 Å². The number of pyridine rings is 1. The van der Waals surface area contributed by atoms with Crippen molar-refractivity contribution < 1.29 is 0 Å². The molecule has 0 aromatic carbocycles. The van der Waals surface area contributed by atoms with Gasteiger partial charge < -0.3 is 5.32 Å². The van der Waals surface area contributed by atoms with Crippen LogP contribution in [0.1, 0.15) is 35.5 Å². The van der Waals surface area contributed by atoms with Crippen LogP contribution in [0.4, 0.5) is 0 Å². The highest BCUT2D eigenvalue weighted by Crippen LogP contribution is 2.22. The molecule has 3 rings (SSSR count). The highest BCUT2D eigenvalue weighted by Gasteiger charge is 2.21. The molecule has 0 bridgehead atoms. The third-order valence-corrected chi connectivity index (χ3v) is 4.25. The van der Waals surface area contributed by atoms with Crippen molar-refractivity contribution in [1.29, 1.82) is 0 Å². The molecule has 4 nitrogen and oxygen atoms in total. The van der Waals surface area contributed by atoms with E-state index >= 15 is 0 Å². The fourth-order valence-electron chi connectivity index (χ4n) is 2.19. The van der Waals surface area contributed by atoms with Crippen LogP contribution in [0.3, 0.4) is 0 Å². The van der Waals surface area contributed by atoms with E-state index in [2.05, 4.69) is 29.2 Å². The molecule has 20 heavy (non-hydrogen) atoms. The zero-order valence-corrected chi connectivity index (χ0v) is 12.8. The summed E-state index contributed by atoms with van der Waals surface area (Å²) in [5.74, 6) is 0.829. The van der Waals surface area contributed by atoms with E-state index in [1.54, 1.807) is 0 Å². The second-order valence-electron chi connectivity index (χ2n) is 5.46. The number of hydrogen-bond donors (Lipinski definition) is 1. The zero-order valence-electron chi connectivity index (χ0n) is 12.1. The Morgan fingerprint density at radius 1 is 1.30 bits per heavy atom. The third kappa shape index (κ3) is 2.58. The number of aromatic nitrogens is 3.